The lowest BCUT2D eigenvalue weighted by molar-refractivity contribution is -0.137. The molecule has 2 aromatic rings. The first kappa shape index (κ1) is 12.9. The fraction of sp³-hybridized carbons (Fsp3) is 0.286. The number of halogens is 3. The van der Waals surface area contributed by atoms with Crippen molar-refractivity contribution in [1.29, 1.82) is 0 Å². The smallest absolute Gasteiger partial charge is 0.322 e. The fourth-order valence-corrected chi connectivity index (χ4v) is 2.01. The van der Waals surface area contributed by atoms with E-state index in [0.717, 1.165) is 11.5 Å². The number of rotatable bonds is 1. The van der Waals surface area contributed by atoms with Crippen LogP contribution in [0, 0.1) is 0 Å². The molecule has 0 aliphatic rings. The Labute approximate surface area is 103 Å². The van der Waals surface area contributed by atoms with E-state index in [0.29, 0.717) is 10.9 Å². The summed E-state index contributed by atoms with van der Waals surface area (Å²) in [6.07, 6.45) is -4.33. The molecule has 96 valence electrons. The molecule has 0 aliphatic carbocycles. The molecule has 0 fully saturated rings. The predicted octanol–water partition coefficient (Wildman–Crippen LogP) is 4.05. The van der Waals surface area contributed by atoms with Crippen molar-refractivity contribution in [2.75, 3.05) is 0 Å². The van der Waals surface area contributed by atoms with E-state index in [2.05, 4.69) is 0 Å². The molecule has 0 unspecified atom stereocenters. The zero-order chi connectivity index (χ0) is 13.6. The van der Waals surface area contributed by atoms with Crippen molar-refractivity contribution >= 4 is 10.8 Å². The van der Waals surface area contributed by atoms with E-state index in [4.69, 9.17) is 5.73 Å². The van der Waals surface area contributed by atoms with Crippen molar-refractivity contribution in [3.8, 4) is 0 Å². The Hall–Kier alpha value is -1.55. The number of hydrogen-bond donors (Lipinski definition) is 1. The summed E-state index contributed by atoms with van der Waals surface area (Å²) in [6.45, 7) is 3.56. The van der Waals surface area contributed by atoms with Gasteiger partial charge in [-0.25, -0.2) is 0 Å². The highest BCUT2D eigenvalue weighted by Crippen LogP contribution is 2.34. The van der Waals surface area contributed by atoms with Gasteiger partial charge in [-0.1, -0.05) is 24.3 Å². The summed E-state index contributed by atoms with van der Waals surface area (Å²) >= 11 is 0. The molecule has 0 aromatic heterocycles. The molecule has 0 radical (unpaired) electrons. The molecule has 1 nitrogen and oxygen atoms in total. The van der Waals surface area contributed by atoms with Gasteiger partial charge in [-0.3, -0.25) is 0 Å². The van der Waals surface area contributed by atoms with E-state index in [1.165, 1.54) is 12.1 Å². The summed E-state index contributed by atoms with van der Waals surface area (Å²) in [6, 6.07) is 9.09. The monoisotopic (exact) mass is 253 g/mol. The highest BCUT2D eigenvalue weighted by atomic mass is 19.4. The normalized spacial score (nSPS) is 13.0. The van der Waals surface area contributed by atoms with Gasteiger partial charge >= 0.3 is 6.18 Å². The van der Waals surface area contributed by atoms with Gasteiger partial charge in [0.2, 0.25) is 0 Å². The van der Waals surface area contributed by atoms with Gasteiger partial charge in [0, 0.05) is 5.54 Å². The maximum Gasteiger partial charge on any atom is 0.416 e. The molecule has 0 spiro atoms. The Kier molecular flexibility index (Phi) is 2.86. The van der Waals surface area contributed by atoms with Gasteiger partial charge in [0.25, 0.3) is 0 Å². The van der Waals surface area contributed by atoms with Gasteiger partial charge in [0.15, 0.2) is 0 Å². The second-order valence-electron chi connectivity index (χ2n) is 4.96. The molecular weight excluding hydrogens is 239 g/mol. The third-order valence-corrected chi connectivity index (χ3v) is 2.90. The molecular formula is C14H14F3N. The number of benzene rings is 2. The van der Waals surface area contributed by atoms with E-state index >= 15 is 0 Å². The Morgan fingerprint density at radius 3 is 2.22 bits per heavy atom. The lowest BCUT2D eigenvalue weighted by Gasteiger charge is -2.22. The molecule has 0 atom stereocenters. The first-order valence-corrected chi connectivity index (χ1v) is 5.59. The minimum atomic E-state index is -4.33. The second kappa shape index (κ2) is 3.99. The van der Waals surface area contributed by atoms with Gasteiger partial charge in [-0.2, -0.15) is 13.2 Å². The molecule has 2 aromatic carbocycles. The topological polar surface area (TPSA) is 26.0 Å². The van der Waals surface area contributed by atoms with Crippen LogP contribution in [0.1, 0.15) is 25.0 Å². The summed E-state index contributed by atoms with van der Waals surface area (Å²) in [5.74, 6) is 0. The Bertz CT molecular complexity index is 580. The Balaban J connectivity index is 2.74. The quantitative estimate of drug-likeness (QED) is 0.815. The van der Waals surface area contributed by atoms with Gasteiger partial charge < -0.3 is 5.73 Å². The number of alkyl halides is 3. The van der Waals surface area contributed by atoms with Crippen LogP contribution in [0.5, 0.6) is 0 Å². The summed E-state index contributed by atoms with van der Waals surface area (Å²) in [7, 11) is 0. The first-order chi connectivity index (χ1) is 8.19. The predicted molar refractivity (Wildman–Crippen MR) is 66.2 cm³/mol. The number of hydrogen-bond acceptors (Lipinski definition) is 1. The molecule has 0 saturated heterocycles. The van der Waals surface area contributed by atoms with Crippen LogP contribution < -0.4 is 5.73 Å². The van der Waals surface area contributed by atoms with E-state index < -0.39 is 17.3 Å². The summed E-state index contributed by atoms with van der Waals surface area (Å²) < 4.78 is 38.1. The fourth-order valence-electron chi connectivity index (χ4n) is 2.01. The van der Waals surface area contributed by atoms with Crippen LogP contribution in [-0.2, 0) is 11.7 Å². The molecule has 0 amide bonds. The molecule has 0 bridgehead atoms. The van der Waals surface area contributed by atoms with Gasteiger partial charge in [0.1, 0.15) is 0 Å². The zero-order valence-electron chi connectivity index (χ0n) is 10.2. The summed E-state index contributed by atoms with van der Waals surface area (Å²) in [4.78, 5) is 0. The number of fused-ring (bicyclic) bond motifs is 1. The van der Waals surface area contributed by atoms with Gasteiger partial charge in [-0.15, -0.1) is 0 Å². The first-order valence-electron chi connectivity index (χ1n) is 5.59. The number of nitrogens with two attached hydrogens (primary N) is 1. The van der Waals surface area contributed by atoms with E-state index in [1.807, 2.05) is 0 Å². The zero-order valence-corrected chi connectivity index (χ0v) is 10.2. The summed E-state index contributed by atoms with van der Waals surface area (Å²) in [5, 5.41) is 1.32. The Morgan fingerprint density at radius 2 is 1.67 bits per heavy atom. The average molecular weight is 253 g/mol. The van der Waals surface area contributed by atoms with Crippen LogP contribution >= 0.6 is 0 Å². The summed E-state index contributed by atoms with van der Waals surface area (Å²) in [5.41, 5.74) is 5.39. The van der Waals surface area contributed by atoms with Crippen LogP contribution in [0.2, 0.25) is 0 Å². The van der Waals surface area contributed by atoms with Crippen LogP contribution in [0.25, 0.3) is 10.8 Å². The van der Waals surface area contributed by atoms with Crippen molar-refractivity contribution in [1.82, 2.24) is 0 Å². The molecule has 2 N–H and O–H groups in total. The van der Waals surface area contributed by atoms with E-state index in [-0.39, 0.29) is 0 Å². The SMILES string of the molecule is CC(C)(N)c1cccc2ccc(C(F)(F)F)cc12. The van der Waals surface area contributed by atoms with Gasteiger partial charge in [-0.05, 0) is 42.3 Å². The minimum Gasteiger partial charge on any atom is -0.322 e. The van der Waals surface area contributed by atoms with Crippen molar-refractivity contribution in [2.24, 2.45) is 5.73 Å². The third-order valence-electron chi connectivity index (χ3n) is 2.90. The highest BCUT2D eigenvalue weighted by molar-refractivity contribution is 5.87. The standard InChI is InChI=1S/C14H14F3N/c1-13(2,18)12-5-3-4-9-6-7-10(8-11(9)12)14(15,16)17/h3-8H,18H2,1-2H3. The van der Waals surface area contributed by atoms with Crippen LogP contribution in [0.15, 0.2) is 36.4 Å². The van der Waals surface area contributed by atoms with Crippen LogP contribution in [0.4, 0.5) is 13.2 Å². The molecule has 0 aliphatic heterocycles. The highest BCUT2D eigenvalue weighted by Gasteiger charge is 2.31. The molecule has 2 rings (SSSR count). The molecule has 0 saturated carbocycles. The average Bonchev–Trinajstić information content (AvgIpc) is 2.25. The Morgan fingerprint density at radius 1 is 1.00 bits per heavy atom. The van der Waals surface area contributed by atoms with E-state index in [9.17, 15) is 13.2 Å². The van der Waals surface area contributed by atoms with Crippen molar-refractivity contribution in [2.45, 2.75) is 25.6 Å². The lowest BCUT2D eigenvalue weighted by atomic mass is 9.90. The van der Waals surface area contributed by atoms with Crippen LogP contribution in [0.3, 0.4) is 0 Å². The van der Waals surface area contributed by atoms with Crippen molar-refractivity contribution in [3.63, 3.8) is 0 Å². The maximum atomic E-state index is 12.7. The third kappa shape index (κ3) is 2.34. The molecule has 4 heteroatoms. The van der Waals surface area contributed by atoms with Gasteiger partial charge in [0.05, 0.1) is 5.56 Å². The maximum absolute atomic E-state index is 12.7. The second-order valence-corrected chi connectivity index (χ2v) is 4.96. The largest absolute Gasteiger partial charge is 0.416 e. The van der Waals surface area contributed by atoms with E-state index in [1.54, 1.807) is 32.0 Å². The van der Waals surface area contributed by atoms with Crippen LogP contribution in [-0.4, -0.2) is 0 Å². The van der Waals surface area contributed by atoms with Crippen molar-refractivity contribution in [3.05, 3.63) is 47.5 Å². The molecule has 0 heterocycles. The lowest BCUT2D eigenvalue weighted by Crippen LogP contribution is -2.28. The van der Waals surface area contributed by atoms with Crippen molar-refractivity contribution < 1.29 is 13.2 Å². The minimum absolute atomic E-state index is 0.555. The molecule has 18 heavy (non-hydrogen) atoms.